The summed E-state index contributed by atoms with van der Waals surface area (Å²) in [5.41, 5.74) is 3.18. The van der Waals surface area contributed by atoms with Crippen LogP contribution in [0.25, 0.3) is 10.4 Å². The number of sulfonamides is 1. The predicted molar refractivity (Wildman–Crippen MR) is 114 cm³/mol. The van der Waals surface area contributed by atoms with Gasteiger partial charge in [-0.05, 0) is 47.4 Å². The molecule has 9 heteroatoms. The largest absolute Gasteiger partial charge is 0.289 e. The monoisotopic (exact) mass is 460 g/mol. The van der Waals surface area contributed by atoms with Gasteiger partial charge in [0, 0.05) is 21.7 Å². The molecule has 2 aromatic carbocycles. The predicted octanol–water partition coefficient (Wildman–Crippen LogP) is 3.56. The highest BCUT2D eigenvalue weighted by Gasteiger charge is 2.74. The number of thiophene rings is 1. The van der Waals surface area contributed by atoms with Gasteiger partial charge in [-0.2, -0.15) is 4.72 Å². The summed E-state index contributed by atoms with van der Waals surface area (Å²) in [4.78, 5) is 13.4. The SMILES string of the molecule is O=C(NO)C1(NS(=O)(=O)c2ccc(-c3ccc(Cl)cc3)s2)C2Cc3ccccc3C21. The molecule has 0 bridgehead atoms. The van der Waals surface area contributed by atoms with Crippen LogP contribution in [0.1, 0.15) is 17.0 Å². The number of carbonyl (C=O) groups excluding carboxylic acids is 1. The van der Waals surface area contributed by atoms with E-state index in [0.29, 0.717) is 11.4 Å². The average molecular weight is 461 g/mol. The lowest BCUT2D eigenvalue weighted by molar-refractivity contribution is -0.132. The fraction of sp³-hybridized carbons (Fsp3) is 0.190. The van der Waals surface area contributed by atoms with E-state index in [0.717, 1.165) is 32.9 Å². The molecule has 0 radical (unpaired) electrons. The van der Waals surface area contributed by atoms with Crippen LogP contribution in [-0.2, 0) is 21.2 Å². The first-order valence-electron chi connectivity index (χ1n) is 9.29. The van der Waals surface area contributed by atoms with Gasteiger partial charge in [0.15, 0.2) is 0 Å². The van der Waals surface area contributed by atoms with E-state index >= 15 is 0 Å². The van der Waals surface area contributed by atoms with E-state index in [-0.39, 0.29) is 16.0 Å². The maximum absolute atomic E-state index is 13.2. The van der Waals surface area contributed by atoms with Gasteiger partial charge in [-0.3, -0.25) is 10.0 Å². The van der Waals surface area contributed by atoms with Crippen LogP contribution < -0.4 is 10.2 Å². The minimum Gasteiger partial charge on any atom is -0.289 e. The second-order valence-electron chi connectivity index (χ2n) is 7.53. The minimum absolute atomic E-state index is 0.107. The second kappa shape index (κ2) is 6.90. The minimum atomic E-state index is -3.98. The third kappa shape index (κ3) is 2.91. The molecule has 2 aliphatic rings. The Bertz CT molecular complexity index is 1260. The summed E-state index contributed by atoms with van der Waals surface area (Å²) >= 11 is 7.03. The molecule has 1 heterocycles. The number of hydrogen-bond acceptors (Lipinski definition) is 5. The smallest absolute Gasteiger partial charge is 0.265 e. The van der Waals surface area contributed by atoms with Crippen molar-refractivity contribution in [2.24, 2.45) is 5.92 Å². The number of fused-ring (bicyclic) bond motifs is 3. The Morgan fingerprint density at radius 2 is 1.83 bits per heavy atom. The molecule has 3 atom stereocenters. The molecular weight excluding hydrogens is 444 g/mol. The van der Waals surface area contributed by atoms with Gasteiger partial charge in [-0.15, -0.1) is 11.3 Å². The molecule has 0 spiro atoms. The van der Waals surface area contributed by atoms with Gasteiger partial charge >= 0.3 is 0 Å². The van der Waals surface area contributed by atoms with Crippen molar-refractivity contribution in [1.29, 1.82) is 0 Å². The molecule has 0 aliphatic heterocycles. The lowest BCUT2D eigenvalue weighted by Crippen LogP contribution is -2.51. The normalized spacial score (nSPS) is 24.2. The molecule has 1 fully saturated rings. The van der Waals surface area contributed by atoms with Gasteiger partial charge in [0.05, 0.1) is 0 Å². The van der Waals surface area contributed by atoms with Crippen LogP contribution in [0.2, 0.25) is 5.02 Å². The molecule has 6 nitrogen and oxygen atoms in total. The summed E-state index contributed by atoms with van der Waals surface area (Å²) in [6.07, 6.45) is 0.581. The molecule has 3 aromatic rings. The summed E-state index contributed by atoms with van der Waals surface area (Å²) in [5, 5.41) is 9.91. The Hall–Kier alpha value is -2.23. The number of hydrogen-bond donors (Lipinski definition) is 3. The lowest BCUT2D eigenvalue weighted by Gasteiger charge is -2.21. The fourth-order valence-electron chi connectivity index (χ4n) is 4.56. The molecule has 154 valence electrons. The van der Waals surface area contributed by atoms with Crippen LogP contribution in [0, 0.1) is 5.92 Å². The fourth-order valence-corrected chi connectivity index (χ4v) is 7.42. The van der Waals surface area contributed by atoms with E-state index in [9.17, 15) is 18.4 Å². The highest BCUT2D eigenvalue weighted by Crippen LogP contribution is 2.64. The number of hydroxylamine groups is 1. The van der Waals surface area contributed by atoms with Crippen molar-refractivity contribution in [3.8, 4) is 10.4 Å². The number of nitrogens with one attached hydrogen (secondary N) is 2. The molecule has 3 unspecified atom stereocenters. The molecule has 2 aliphatic carbocycles. The van der Waals surface area contributed by atoms with Crippen molar-refractivity contribution < 1.29 is 18.4 Å². The van der Waals surface area contributed by atoms with Crippen LogP contribution >= 0.6 is 22.9 Å². The van der Waals surface area contributed by atoms with E-state index in [1.165, 1.54) is 6.07 Å². The van der Waals surface area contributed by atoms with Gasteiger partial charge in [0.2, 0.25) is 0 Å². The maximum Gasteiger partial charge on any atom is 0.265 e. The van der Waals surface area contributed by atoms with E-state index in [2.05, 4.69) is 4.72 Å². The number of benzene rings is 2. The molecule has 0 saturated heterocycles. The summed E-state index contributed by atoms with van der Waals surface area (Å²) in [6.45, 7) is 0. The van der Waals surface area contributed by atoms with Gasteiger partial charge in [-0.1, -0.05) is 48.0 Å². The van der Waals surface area contributed by atoms with E-state index in [4.69, 9.17) is 11.6 Å². The molecule has 30 heavy (non-hydrogen) atoms. The third-order valence-corrected chi connectivity index (χ3v) is 9.32. The maximum atomic E-state index is 13.2. The van der Waals surface area contributed by atoms with Crippen LogP contribution in [0.15, 0.2) is 64.9 Å². The summed E-state index contributed by atoms with van der Waals surface area (Å²) < 4.78 is 29.1. The second-order valence-corrected chi connectivity index (χ2v) is 11.0. The molecule has 3 N–H and O–H groups in total. The highest BCUT2D eigenvalue weighted by molar-refractivity contribution is 7.91. The molecule has 1 saturated carbocycles. The molecule has 1 amide bonds. The van der Waals surface area contributed by atoms with Gasteiger partial charge in [-0.25, -0.2) is 13.9 Å². The van der Waals surface area contributed by atoms with Crippen molar-refractivity contribution in [2.45, 2.75) is 22.1 Å². The number of carbonyl (C=O) groups is 1. The van der Waals surface area contributed by atoms with Gasteiger partial charge in [0.25, 0.3) is 15.9 Å². The van der Waals surface area contributed by atoms with E-state index in [1.807, 2.05) is 36.4 Å². The van der Waals surface area contributed by atoms with Crippen LogP contribution in [0.4, 0.5) is 0 Å². The standard InChI is InChI=1S/C21H17ClN2O4S2/c22-14-7-5-12(6-8-14)17-9-10-18(29-17)30(27,28)24-21(20(25)23-26)16-11-13-3-1-2-4-15(13)19(16)21/h1-10,16,19,24,26H,11H2,(H,23,25). The molecule has 1 aromatic heterocycles. The van der Waals surface area contributed by atoms with Crippen molar-refractivity contribution in [3.05, 3.63) is 76.8 Å². The van der Waals surface area contributed by atoms with Crippen molar-refractivity contribution in [3.63, 3.8) is 0 Å². The third-order valence-electron chi connectivity index (χ3n) is 5.95. The Kier molecular flexibility index (Phi) is 4.53. The zero-order chi connectivity index (χ0) is 21.1. The Labute approximate surface area is 182 Å². The van der Waals surface area contributed by atoms with Crippen molar-refractivity contribution >= 4 is 38.9 Å². The van der Waals surface area contributed by atoms with Crippen LogP contribution in [0.5, 0.6) is 0 Å². The van der Waals surface area contributed by atoms with E-state index < -0.39 is 21.5 Å². The topological polar surface area (TPSA) is 95.5 Å². The Morgan fingerprint density at radius 3 is 2.57 bits per heavy atom. The van der Waals surface area contributed by atoms with Crippen LogP contribution in [-0.4, -0.2) is 25.1 Å². The highest BCUT2D eigenvalue weighted by atomic mass is 35.5. The zero-order valence-electron chi connectivity index (χ0n) is 15.5. The quantitative estimate of drug-likeness (QED) is 0.400. The Balaban J connectivity index is 1.47. The first-order valence-corrected chi connectivity index (χ1v) is 12.0. The number of rotatable bonds is 5. The zero-order valence-corrected chi connectivity index (χ0v) is 17.9. The first kappa shape index (κ1) is 19.7. The van der Waals surface area contributed by atoms with Crippen molar-refractivity contribution in [1.82, 2.24) is 10.2 Å². The number of halogens is 1. The summed E-state index contributed by atoms with van der Waals surface area (Å²) in [6, 6.07) is 18.1. The average Bonchev–Trinajstić information content (AvgIpc) is 3.12. The first-order chi connectivity index (χ1) is 14.4. The summed E-state index contributed by atoms with van der Waals surface area (Å²) in [5.74, 6) is -1.26. The molecule has 5 rings (SSSR count). The Morgan fingerprint density at radius 1 is 1.10 bits per heavy atom. The van der Waals surface area contributed by atoms with Gasteiger partial charge < -0.3 is 0 Å². The van der Waals surface area contributed by atoms with Crippen molar-refractivity contribution in [2.75, 3.05) is 0 Å². The van der Waals surface area contributed by atoms with Crippen LogP contribution in [0.3, 0.4) is 0 Å². The summed E-state index contributed by atoms with van der Waals surface area (Å²) in [7, 11) is -3.98. The molecular formula is C21H17ClN2O4S2. The van der Waals surface area contributed by atoms with E-state index in [1.54, 1.807) is 23.7 Å². The lowest BCUT2D eigenvalue weighted by atomic mass is 9.98. The number of amides is 1. The van der Waals surface area contributed by atoms with Gasteiger partial charge in [0.1, 0.15) is 9.75 Å².